The van der Waals surface area contributed by atoms with E-state index in [0.29, 0.717) is 21.8 Å². The number of pyridine rings is 1. The van der Waals surface area contributed by atoms with Crippen LogP contribution in [0.3, 0.4) is 0 Å². The molecule has 0 N–H and O–H groups in total. The van der Waals surface area contributed by atoms with Crippen molar-refractivity contribution in [2.45, 2.75) is 6.55 Å². The predicted molar refractivity (Wildman–Crippen MR) is 60.2 cm³/mol. The smallest absolute Gasteiger partial charge is 0.237 e. The third-order valence-corrected chi connectivity index (χ3v) is 2.18. The standard InChI is InChI=1S/C7H5F2N3.C2H4Cl2/c8-7(9)12-6-5(4-11-12)2-1-3-10-6;3-1-2-4/h1-4,7H;1-2H2. The van der Waals surface area contributed by atoms with Gasteiger partial charge in [-0.1, -0.05) is 0 Å². The van der Waals surface area contributed by atoms with Crippen molar-refractivity contribution in [2.75, 3.05) is 11.8 Å². The van der Waals surface area contributed by atoms with E-state index < -0.39 is 6.55 Å². The maximum atomic E-state index is 12.2. The molecular weight excluding hydrogens is 259 g/mol. The Bertz CT molecular complexity index is 431. The lowest BCUT2D eigenvalue weighted by Gasteiger charge is -1.97. The van der Waals surface area contributed by atoms with Crippen LogP contribution in [0, 0.1) is 0 Å². The summed E-state index contributed by atoms with van der Waals surface area (Å²) >= 11 is 10.1. The number of hydrogen-bond acceptors (Lipinski definition) is 2. The average Bonchev–Trinajstić information content (AvgIpc) is 2.73. The molecule has 16 heavy (non-hydrogen) atoms. The highest BCUT2D eigenvalue weighted by Gasteiger charge is 2.10. The molecule has 0 amide bonds. The lowest BCUT2D eigenvalue weighted by molar-refractivity contribution is 0.0609. The highest BCUT2D eigenvalue weighted by Crippen LogP contribution is 2.16. The molecule has 7 heteroatoms. The van der Waals surface area contributed by atoms with Crippen LogP contribution in [0.5, 0.6) is 0 Å². The fourth-order valence-electron chi connectivity index (χ4n) is 1.02. The van der Waals surface area contributed by atoms with Crippen molar-refractivity contribution in [1.82, 2.24) is 14.8 Å². The molecule has 0 aliphatic carbocycles. The van der Waals surface area contributed by atoms with Crippen LogP contribution in [0.25, 0.3) is 11.0 Å². The van der Waals surface area contributed by atoms with Crippen LogP contribution in [-0.2, 0) is 0 Å². The second kappa shape index (κ2) is 6.60. The molecule has 0 fully saturated rings. The Hall–Kier alpha value is -0.940. The largest absolute Gasteiger partial charge is 0.335 e. The van der Waals surface area contributed by atoms with Crippen LogP contribution in [0.15, 0.2) is 24.5 Å². The highest BCUT2D eigenvalue weighted by molar-refractivity contribution is 6.25. The molecule has 0 radical (unpaired) electrons. The minimum Gasteiger partial charge on any atom is -0.237 e. The van der Waals surface area contributed by atoms with E-state index in [1.165, 1.54) is 12.4 Å². The summed E-state index contributed by atoms with van der Waals surface area (Å²) in [5.74, 6) is 1.11. The van der Waals surface area contributed by atoms with Gasteiger partial charge in [-0.25, -0.2) is 4.98 Å². The SMILES string of the molecule is ClCCCl.FC(F)n1ncc2cccnc21. The third-order valence-electron chi connectivity index (χ3n) is 1.61. The van der Waals surface area contributed by atoms with E-state index in [1.54, 1.807) is 12.1 Å². The second-order valence-corrected chi connectivity index (χ2v) is 3.42. The second-order valence-electron chi connectivity index (χ2n) is 2.66. The molecule has 0 aliphatic rings. The first-order valence-electron chi connectivity index (χ1n) is 4.39. The molecule has 2 aromatic rings. The maximum Gasteiger partial charge on any atom is 0.335 e. The zero-order valence-corrected chi connectivity index (χ0v) is 9.67. The van der Waals surface area contributed by atoms with Crippen LogP contribution in [0.2, 0.25) is 0 Å². The van der Waals surface area contributed by atoms with Gasteiger partial charge in [-0.15, -0.1) is 23.2 Å². The summed E-state index contributed by atoms with van der Waals surface area (Å²) in [5.41, 5.74) is 0.215. The zero-order chi connectivity index (χ0) is 12.0. The minimum absolute atomic E-state index is 0.215. The zero-order valence-electron chi connectivity index (χ0n) is 8.15. The summed E-state index contributed by atoms with van der Waals surface area (Å²) in [6.45, 7) is -2.63. The van der Waals surface area contributed by atoms with Crippen molar-refractivity contribution >= 4 is 34.2 Å². The normalized spacial score (nSPS) is 10.3. The number of alkyl halides is 4. The first-order chi connectivity index (χ1) is 7.70. The number of fused-ring (bicyclic) bond motifs is 1. The Labute approximate surface area is 101 Å². The summed E-state index contributed by atoms with van der Waals surface area (Å²) in [6.07, 6.45) is 2.83. The molecule has 2 aromatic heterocycles. The third kappa shape index (κ3) is 3.28. The van der Waals surface area contributed by atoms with E-state index in [1.807, 2.05) is 0 Å². The molecule has 0 spiro atoms. The number of nitrogens with zero attached hydrogens (tertiary/aromatic N) is 3. The van der Waals surface area contributed by atoms with E-state index in [9.17, 15) is 8.78 Å². The molecule has 2 heterocycles. The van der Waals surface area contributed by atoms with Crippen LogP contribution >= 0.6 is 23.2 Å². The Balaban J connectivity index is 0.000000280. The van der Waals surface area contributed by atoms with Gasteiger partial charge in [-0.2, -0.15) is 18.6 Å². The van der Waals surface area contributed by atoms with E-state index in [0.717, 1.165) is 0 Å². The van der Waals surface area contributed by atoms with E-state index >= 15 is 0 Å². The summed E-state index contributed by atoms with van der Waals surface area (Å²) in [7, 11) is 0. The van der Waals surface area contributed by atoms with E-state index in [2.05, 4.69) is 10.1 Å². The van der Waals surface area contributed by atoms with Crippen molar-refractivity contribution in [2.24, 2.45) is 0 Å². The first kappa shape index (κ1) is 13.1. The number of rotatable bonds is 2. The first-order valence-corrected chi connectivity index (χ1v) is 5.46. The van der Waals surface area contributed by atoms with Gasteiger partial charge in [-0.3, -0.25) is 0 Å². The van der Waals surface area contributed by atoms with Gasteiger partial charge in [0, 0.05) is 23.3 Å². The van der Waals surface area contributed by atoms with Crippen LogP contribution < -0.4 is 0 Å². The van der Waals surface area contributed by atoms with Crippen molar-refractivity contribution in [3.05, 3.63) is 24.5 Å². The van der Waals surface area contributed by atoms with Gasteiger partial charge in [0.2, 0.25) is 0 Å². The summed E-state index contributed by atoms with van der Waals surface area (Å²) in [4.78, 5) is 3.78. The van der Waals surface area contributed by atoms with Crippen LogP contribution in [0.1, 0.15) is 6.55 Å². The monoisotopic (exact) mass is 267 g/mol. The summed E-state index contributed by atoms with van der Waals surface area (Å²) in [5, 5.41) is 4.12. The molecule has 0 unspecified atom stereocenters. The molecule has 0 atom stereocenters. The average molecular weight is 268 g/mol. The van der Waals surface area contributed by atoms with Crippen LogP contribution in [0.4, 0.5) is 8.78 Å². The summed E-state index contributed by atoms with van der Waals surface area (Å²) < 4.78 is 25.0. The maximum absolute atomic E-state index is 12.2. The quantitative estimate of drug-likeness (QED) is 0.782. The number of aromatic nitrogens is 3. The van der Waals surface area contributed by atoms with Crippen molar-refractivity contribution in [1.29, 1.82) is 0 Å². The van der Waals surface area contributed by atoms with Gasteiger partial charge in [0.1, 0.15) is 0 Å². The molecule has 2 rings (SSSR count). The molecule has 3 nitrogen and oxygen atoms in total. The highest BCUT2D eigenvalue weighted by atomic mass is 35.5. The molecule has 0 bridgehead atoms. The lowest BCUT2D eigenvalue weighted by Crippen LogP contribution is -2.00. The molecule has 0 aromatic carbocycles. The topological polar surface area (TPSA) is 30.7 Å². The van der Waals surface area contributed by atoms with E-state index in [4.69, 9.17) is 23.2 Å². The van der Waals surface area contributed by atoms with Crippen molar-refractivity contribution in [3.8, 4) is 0 Å². The Morgan fingerprint density at radius 1 is 1.31 bits per heavy atom. The van der Waals surface area contributed by atoms with Gasteiger partial charge < -0.3 is 0 Å². The molecule has 0 saturated carbocycles. The van der Waals surface area contributed by atoms with Gasteiger partial charge in [0.15, 0.2) is 5.65 Å². The van der Waals surface area contributed by atoms with Gasteiger partial charge in [-0.05, 0) is 12.1 Å². The molecular formula is C9H9Cl2F2N3. The lowest BCUT2D eigenvalue weighted by atomic mass is 10.4. The van der Waals surface area contributed by atoms with Crippen molar-refractivity contribution in [3.63, 3.8) is 0 Å². The van der Waals surface area contributed by atoms with Gasteiger partial charge in [0.05, 0.1) is 6.20 Å². The Kier molecular flexibility index (Phi) is 5.42. The van der Waals surface area contributed by atoms with Gasteiger partial charge in [0.25, 0.3) is 0 Å². The molecule has 0 saturated heterocycles. The minimum atomic E-state index is -2.63. The van der Waals surface area contributed by atoms with Crippen LogP contribution in [-0.4, -0.2) is 26.5 Å². The summed E-state index contributed by atoms with van der Waals surface area (Å²) in [6, 6.07) is 3.37. The molecule has 0 aliphatic heterocycles. The molecule has 88 valence electrons. The fourth-order valence-corrected chi connectivity index (χ4v) is 1.02. The Morgan fingerprint density at radius 3 is 2.56 bits per heavy atom. The van der Waals surface area contributed by atoms with Gasteiger partial charge >= 0.3 is 6.55 Å². The fraction of sp³-hybridized carbons (Fsp3) is 0.333. The van der Waals surface area contributed by atoms with E-state index in [-0.39, 0.29) is 5.65 Å². The number of halogens is 4. The van der Waals surface area contributed by atoms with Crippen molar-refractivity contribution < 1.29 is 8.78 Å². The Morgan fingerprint density at radius 2 is 2.00 bits per heavy atom. The number of hydrogen-bond donors (Lipinski definition) is 0. The predicted octanol–water partition coefficient (Wildman–Crippen LogP) is 3.29.